The van der Waals surface area contributed by atoms with Crippen molar-refractivity contribution in [1.29, 1.82) is 0 Å². The van der Waals surface area contributed by atoms with Crippen molar-refractivity contribution in [2.45, 2.75) is 5.79 Å². The summed E-state index contributed by atoms with van der Waals surface area (Å²) in [4.78, 5) is 28.6. The number of nitro groups is 3. The number of hydrogen-bond acceptors (Lipinski definition) is 6. The topological polar surface area (TPSA) is 129 Å². The van der Waals surface area contributed by atoms with Crippen LogP contribution in [0.2, 0.25) is 0 Å². The number of benzene rings is 2. The summed E-state index contributed by atoms with van der Waals surface area (Å²) in [5.41, 5.74) is -0.699. The molecule has 9 nitrogen and oxygen atoms in total. The molecule has 0 aliphatic carbocycles. The number of rotatable bonds is 4. The maximum Gasteiger partial charge on any atom is 0.729 e. The molecular formula is C11H6N3O6. The largest absolute Gasteiger partial charge is 0.729 e. The molecule has 0 fully saturated rings. The molecule has 0 saturated heterocycles. The Morgan fingerprint density at radius 3 is 2.00 bits per heavy atom. The van der Waals surface area contributed by atoms with E-state index >= 15 is 0 Å². The normalized spacial score (nSPS) is 11.2. The van der Waals surface area contributed by atoms with Crippen LogP contribution in [-0.2, 0) is 5.79 Å². The molecular weight excluding hydrogens is 270 g/mol. The fraction of sp³-hybridized carbons (Fsp3) is 0.0909. The fourth-order valence-corrected chi connectivity index (χ4v) is 1.91. The van der Waals surface area contributed by atoms with E-state index in [9.17, 15) is 30.3 Å². The van der Waals surface area contributed by atoms with Crippen molar-refractivity contribution in [3.63, 3.8) is 0 Å². The second-order valence-electron chi connectivity index (χ2n) is 3.85. The Morgan fingerprint density at radius 2 is 1.45 bits per heavy atom. The molecule has 101 valence electrons. The van der Waals surface area contributed by atoms with E-state index in [1.54, 1.807) is 6.07 Å². The zero-order valence-corrected chi connectivity index (χ0v) is 9.76. The number of fused-ring (bicyclic) bond motifs is 1. The molecule has 2 aromatic rings. The molecule has 9 heteroatoms. The summed E-state index contributed by atoms with van der Waals surface area (Å²) in [6, 6.07) is 10.9. The van der Waals surface area contributed by atoms with E-state index in [2.05, 4.69) is 6.07 Å². The van der Waals surface area contributed by atoms with Crippen molar-refractivity contribution in [3.05, 3.63) is 78.4 Å². The van der Waals surface area contributed by atoms with Crippen LogP contribution in [0.1, 0.15) is 5.56 Å². The van der Waals surface area contributed by atoms with Gasteiger partial charge in [0.1, 0.15) is 0 Å². The maximum absolute atomic E-state index is 11.1. The van der Waals surface area contributed by atoms with Crippen LogP contribution in [0.4, 0.5) is 0 Å². The van der Waals surface area contributed by atoms with Crippen LogP contribution in [0.25, 0.3) is 10.8 Å². The maximum atomic E-state index is 11.1. The van der Waals surface area contributed by atoms with Crippen LogP contribution in [-0.4, -0.2) is 14.8 Å². The van der Waals surface area contributed by atoms with Crippen molar-refractivity contribution in [2.24, 2.45) is 0 Å². The highest BCUT2D eigenvalue weighted by molar-refractivity contribution is 5.85. The highest BCUT2D eigenvalue weighted by Gasteiger charge is 2.73. The van der Waals surface area contributed by atoms with E-state index in [1.165, 1.54) is 30.3 Å². The lowest BCUT2D eigenvalue weighted by Gasteiger charge is -2.10. The van der Waals surface area contributed by atoms with Gasteiger partial charge < -0.3 is 0 Å². The predicted molar refractivity (Wildman–Crippen MR) is 65.4 cm³/mol. The Labute approximate surface area is 110 Å². The Hall–Kier alpha value is -3.10. The SMILES string of the molecule is O=[N+]([O-])C(c1[c]ccc2ccccc12)([N+](=O)[O-])[N+](=O)[O-]. The molecule has 0 heterocycles. The molecule has 0 bridgehead atoms. The van der Waals surface area contributed by atoms with Gasteiger partial charge in [0.2, 0.25) is 5.56 Å². The summed E-state index contributed by atoms with van der Waals surface area (Å²) in [5.74, 6) is -3.67. The Morgan fingerprint density at radius 1 is 0.900 bits per heavy atom. The first-order chi connectivity index (χ1) is 9.42. The Bertz CT molecular complexity index is 688. The van der Waals surface area contributed by atoms with Gasteiger partial charge >= 0.3 is 5.79 Å². The highest BCUT2D eigenvalue weighted by atomic mass is 16.7. The third-order valence-electron chi connectivity index (χ3n) is 2.82. The second kappa shape index (κ2) is 4.53. The molecule has 20 heavy (non-hydrogen) atoms. The van der Waals surface area contributed by atoms with E-state index in [0.29, 0.717) is 5.39 Å². The van der Waals surface area contributed by atoms with Gasteiger partial charge in [-0.05, 0) is 5.39 Å². The van der Waals surface area contributed by atoms with Crippen LogP contribution in [0.3, 0.4) is 0 Å². The second-order valence-corrected chi connectivity index (χ2v) is 3.85. The summed E-state index contributed by atoms with van der Waals surface area (Å²) in [6.07, 6.45) is 0. The average molecular weight is 276 g/mol. The van der Waals surface area contributed by atoms with Crippen molar-refractivity contribution < 1.29 is 14.8 Å². The average Bonchev–Trinajstić information content (AvgIpc) is 2.38. The minimum absolute atomic E-state index is 0.0418. The standard InChI is InChI=1S/C11H6N3O6/c15-12(16)11(13(17)18,14(19)20)10-7-3-5-8-4-1-2-6-9(8)10/h1-6H. The van der Waals surface area contributed by atoms with Gasteiger partial charge in [-0.1, -0.05) is 36.4 Å². The van der Waals surface area contributed by atoms with Crippen molar-refractivity contribution >= 4 is 10.8 Å². The van der Waals surface area contributed by atoms with E-state index in [-0.39, 0.29) is 5.39 Å². The first kappa shape index (κ1) is 13.3. The monoisotopic (exact) mass is 276 g/mol. The van der Waals surface area contributed by atoms with E-state index in [4.69, 9.17) is 0 Å². The lowest BCUT2D eigenvalue weighted by molar-refractivity contribution is -0.985. The smallest absolute Gasteiger partial charge is 0.252 e. The minimum atomic E-state index is -3.67. The van der Waals surface area contributed by atoms with E-state index in [0.717, 1.165) is 0 Å². The zero-order chi connectivity index (χ0) is 14.9. The summed E-state index contributed by atoms with van der Waals surface area (Å²) in [6.45, 7) is 0. The van der Waals surface area contributed by atoms with Gasteiger partial charge in [-0.3, -0.25) is 30.3 Å². The first-order valence-electron chi connectivity index (χ1n) is 5.25. The molecule has 0 aromatic heterocycles. The summed E-state index contributed by atoms with van der Waals surface area (Å²) < 4.78 is 0. The van der Waals surface area contributed by atoms with Crippen LogP contribution in [0.5, 0.6) is 0 Å². The molecule has 1 radical (unpaired) electrons. The third kappa shape index (κ3) is 1.64. The Kier molecular flexibility index (Phi) is 3.02. The molecule has 0 amide bonds. The van der Waals surface area contributed by atoms with Gasteiger partial charge in [-0.25, -0.2) is 0 Å². The van der Waals surface area contributed by atoms with Gasteiger partial charge in [-0.15, -0.1) is 0 Å². The molecule has 0 spiro atoms. The summed E-state index contributed by atoms with van der Waals surface area (Å²) in [5, 5.41) is 33.6. The zero-order valence-electron chi connectivity index (χ0n) is 9.76. The van der Waals surface area contributed by atoms with Crippen LogP contribution >= 0.6 is 0 Å². The molecule has 0 aliphatic heterocycles. The highest BCUT2D eigenvalue weighted by Crippen LogP contribution is 2.32. The summed E-state index contributed by atoms with van der Waals surface area (Å²) >= 11 is 0. The van der Waals surface area contributed by atoms with Crippen molar-refractivity contribution in [1.82, 2.24) is 0 Å². The van der Waals surface area contributed by atoms with Crippen LogP contribution in [0, 0.1) is 36.4 Å². The minimum Gasteiger partial charge on any atom is -0.252 e. The van der Waals surface area contributed by atoms with Crippen LogP contribution < -0.4 is 0 Å². The molecule has 0 N–H and O–H groups in total. The predicted octanol–water partition coefficient (Wildman–Crippen LogP) is 1.58. The van der Waals surface area contributed by atoms with Gasteiger partial charge in [0.15, 0.2) is 14.8 Å². The lowest BCUT2D eigenvalue weighted by Crippen LogP contribution is -2.50. The first-order valence-corrected chi connectivity index (χ1v) is 5.25. The third-order valence-corrected chi connectivity index (χ3v) is 2.82. The van der Waals surface area contributed by atoms with Gasteiger partial charge in [0.05, 0.1) is 0 Å². The van der Waals surface area contributed by atoms with E-state index in [1.807, 2.05) is 0 Å². The molecule has 2 aromatic carbocycles. The molecule has 0 aliphatic rings. The fourth-order valence-electron chi connectivity index (χ4n) is 1.91. The van der Waals surface area contributed by atoms with E-state index < -0.39 is 26.1 Å². The number of nitrogens with zero attached hydrogens (tertiary/aromatic N) is 3. The van der Waals surface area contributed by atoms with Gasteiger partial charge in [0, 0.05) is 11.5 Å². The molecule has 0 saturated carbocycles. The number of hydrogen-bond donors (Lipinski definition) is 0. The van der Waals surface area contributed by atoms with Gasteiger partial charge in [-0.2, -0.15) is 0 Å². The van der Waals surface area contributed by atoms with Gasteiger partial charge in [0.25, 0.3) is 0 Å². The molecule has 2 rings (SSSR count). The van der Waals surface area contributed by atoms with Crippen molar-refractivity contribution in [2.75, 3.05) is 0 Å². The quantitative estimate of drug-likeness (QED) is 0.473. The Balaban J connectivity index is 2.93. The molecule has 0 unspecified atom stereocenters. The van der Waals surface area contributed by atoms with Crippen molar-refractivity contribution in [3.8, 4) is 0 Å². The molecule has 0 atom stereocenters. The van der Waals surface area contributed by atoms with Crippen LogP contribution in [0.15, 0.2) is 36.4 Å². The summed E-state index contributed by atoms with van der Waals surface area (Å²) in [7, 11) is 0. The lowest BCUT2D eigenvalue weighted by atomic mass is 10.00.